The zero-order valence-electron chi connectivity index (χ0n) is 11.2. The molecule has 0 heterocycles. The Morgan fingerprint density at radius 1 is 1.22 bits per heavy atom. The minimum atomic E-state index is 0.185. The summed E-state index contributed by atoms with van der Waals surface area (Å²) in [5.41, 5.74) is 2.59. The number of benzene rings is 1. The molecule has 1 saturated carbocycles. The molecule has 0 aliphatic heterocycles. The van der Waals surface area contributed by atoms with Crippen molar-refractivity contribution in [3.05, 3.63) is 35.4 Å². The Kier molecular flexibility index (Phi) is 5.52. The van der Waals surface area contributed by atoms with Gasteiger partial charge in [0.05, 0.1) is 12.0 Å². The Balaban J connectivity index is 1.87. The molecule has 0 bridgehead atoms. The number of hydrogen-bond acceptors (Lipinski definition) is 1. The lowest BCUT2D eigenvalue weighted by molar-refractivity contribution is 0.202. The van der Waals surface area contributed by atoms with E-state index < -0.39 is 0 Å². The fraction of sp³-hybridized carbons (Fsp3) is 0.625. The van der Waals surface area contributed by atoms with Gasteiger partial charge >= 0.3 is 0 Å². The molecule has 0 spiro atoms. The molecule has 0 radical (unpaired) electrons. The van der Waals surface area contributed by atoms with E-state index in [1.807, 2.05) is 0 Å². The van der Waals surface area contributed by atoms with Gasteiger partial charge < -0.3 is 4.74 Å². The average molecular weight is 267 g/mol. The predicted octanol–water partition coefficient (Wildman–Crippen LogP) is 4.74. The highest BCUT2D eigenvalue weighted by Gasteiger charge is 2.19. The fourth-order valence-corrected chi connectivity index (χ4v) is 3.19. The molecule has 1 aromatic rings. The molecule has 18 heavy (non-hydrogen) atoms. The van der Waals surface area contributed by atoms with Gasteiger partial charge in [-0.1, -0.05) is 49.9 Å². The molecule has 1 fully saturated rings. The Morgan fingerprint density at radius 2 is 1.89 bits per heavy atom. The summed E-state index contributed by atoms with van der Waals surface area (Å²) in [7, 11) is 1.74. The Morgan fingerprint density at radius 3 is 2.50 bits per heavy atom. The maximum Gasteiger partial charge on any atom is 0.0587 e. The van der Waals surface area contributed by atoms with Gasteiger partial charge in [-0.3, -0.25) is 0 Å². The summed E-state index contributed by atoms with van der Waals surface area (Å²) in [4.78, 5) is 0. The van der Waals surface area contributed by atoms with E-state index in [4.69, 9.17) is 16.3 Å². The van der Waals surface area contributed by atoms with Crippen LogP contribution in [0, 0.1) is 5.92 Å². The maximum atomic E-state index is 6.52. The average Bonchev–Trinajstić information content (AvgIpc) is 2.89. The van der Waals surface area contributed by atoms with Crippen molar-refractivity contribution in [2.24, 2.45) is 5.92 Å². The molecule has 1 aliphatic carbocycles. The van der Waals surface area contributed by atoms with Gasteiger partial charge in [-0.2, -0.15) is 0 Å². The molecule has 0 aromatic heterocycles. The van der Waals surface area contributed by atoms with Gasteiger partial charge in [0.25, 0.3) is 0 Å². The summed E-state index contributed by atoms with van der Waals surface area (Å²) in [5, 5.41) is 0.185. The van der Waals surface area contributed by atoms with Crippen molar-refractivity contribution in [3.63, 3.8) is 0 Å². The molecule has 1 unspecified atom stereocenters. The number of halogens is 1. The lowest BCUT2D eigenvalue weighted by atomic mass is 9.97. The molecule has 0 N–H and O–H groups in total. The van der Waals surface area contributed by atoms with Crippen molar-refractivity contribution in [2.45, 2.75) is 43.9 Å². The van der Waals surface area contributed by atoms with Crippen LogP contribution in [0.3, 0.4) is 0 Å². The van der Waals surface area contributed by atoms with Gasteiger partial charge in [-0.05, 0) is 29.9 Å². The fourth-order valence-electron chi connectivity index (χ4n) is 2.79. The first kappa shape index (κ1) is 13.9. The van der Waals surface area contributed by atoms with E-state index in [1.54, 1.807) is 7.11 Å². The van der Waals surface area contributed by atoms with Crippen LogP contribution >= 0.6 is 11.6 Å². The number of hydrogen-bond donors (Lipinski definition) is 0. The maximum absolute atomic E-state index is 6.52. The molecule has 1 nitrogen and oxygen atoms in total. The van der Waals surface area contributed by atoms with E-state index in [0.29, 0.717) is 0 Å². The summed E-state index contributed by atoms with van der Waals surface area (Å²) in [6, 6.07) is 8.71. The molecule has 2 rings (SSSR count). The summed E-state index contributed by atoms with van der Waals surface area (Å²) < 4.78 is 5.09. The van der Waals surface area contributed by atoms with Gasteiger partial charge in [0.15, 0.2) is 0 Å². The van der Waals surface area contributed by atoms with Gasteiger partial charge in [0, 0.05) is 7.11 Å². The van der Waals surface area contributed by atoms with Crippen molar-refractivity contribution in [1.29, 1.82) is 0 Å². The number of alkyl halides is 1. The molecule has 100 valence electrons. The van der Waals surface area contributed by atoms with E-state index in [2.05, 4.69) is 24.3 Å². The molecule has 2 heteroatoms. The van der Waals surface area contributed by atoms with Crippen LogP contribution in [0.1, 0.15) is 48.6 Å². The molecular weight excluding hydrogens is 244 g/mol. The standard InChI is InChI=1S/C16H23ClO/c1-18-11-10-13-6-8-15(9-7-13)16(17)12-14-4-2-3-5-14/h6-9,14,16H,2-5,10-12H2,1H3. The first-order chi connectivity index (χ1) is 8.79. The second kappa shape index (κ2) is 7.16. The van der Waals surface area contributed by atoms with Crippen LogP contribution in [0.25, 0.3) is 0 Å². The van der Waals surface area contributed by atoms with Crippen LogP contribution in [0.2, 0.25) is 0 Å². The van der Waals surface area contributed by atoms with Crippen LogP contribution in [-0.4, -0.2) is 13.7 Å². The SMILES string of the molecule is COCCc1ccc(C(Cl)CC2CCCC2)cc1. The third kappa shape index (κ3) is 4.00. The minimum absolute atomic E-state index is 0.185. The van der Waals surface area contributed by atoms with Gasteiger partial charge in [0.2, 0.25) is 0 Å². The number of rotatable bonds is 6. The number of methoxy groups -OCH3 is 1. The van der Waals surface area contributed by atoms with Crippen LogP contribution in [-0.2, 0) is 11.2 Å². The number of ether oxygens (including phenoxy) is 1. The predicted molar refractivity (Wildman–Crippen MR) is 77.2 cm³/mol. The normalized spacial score (nSPS) is 18.1. The molecule has 1 atom stereocenters. The monoisotopic (exact) mass is 266 g/mol. The van der Waals surface area contributed by atoms with E-state index in [-0.39, 0.29) is 5.38 Å². The van der Waals surface area contributed by atoms with E-state index in [0.717, 1.165) is 25.4 Å². The summed E-state index contributed by atoms with van der Waals surface area (Å²) >= 11 is 6.52. The van der Waals surface area contributed by atoms with Crippen molar-refractivity contribution in [3.8, 4) is 0 Å². The van der Waals surface area contributed by atoms with E-state index >= 15 is 0 Å². The summed E-state index contributed by atoms with van der Waals surface area (Å²) in [5.74, 6) is 0.848. The molecular formula is C16H23ClO. The smallest absolute Gasteiger partial charge is 0.0587 e. The first-order valence-electron chi connectivity index (χ1n) is 7.01. The van der Waals surface area contributed by atoms with Crippen LogP contribution < -0.4 is 0 Å². The lowest BCUT2D eigenvalue weighted by Crippen LogP contribution is -2.00. The molecule has 0 saturated heterocycles. The summed E-state index contributed by atoms with van der Waals surface area (Å²) in [6.07, 6.45) is 7.64. The van der Waals surface area contributed by atoms with Crippen molar-refractivity contribution >= 4 is 11.6 Å². The van der Waals surface area contributed by atoms with Crippen molar-refractivity contribution in [1.82, 2.24) is 0 Å². The zero-order chi connectivity index (χ0) is 12.8. The minimum Gasteiger partial charge on any atom is -0.384 e. The highest BCUT2D eigenvalue weighted by Crippen LogP contribution is 2.36. The van der Waals surface area contributed by atoms with Gasteiger partial charge in [-0.15, -0.1) is 11.6 Å². The van der Waals surface area contributed by atoms with E-state index in [9.17, 15) is 0 Å². The topological polar surface area (TPSA) is 9.23 Å². The third-order valence-electron chi connectivity index (χ3n) is 3.95. The molecule has 1 aliphatic rings. The highest BCUT2D eigenvalue weighted by molar-refractivity contribution is 6.20. The second-order valence-electron chi connectivity index (χ2n) is 5.34. The van der Waals surface area contributed by atoms with Crippen LogP contribution in [0.15, 0.2) is 24.3 Å². The van der Waals surface area contributed by atoms with Gasteiger partial charge in [0.1, 0.15) is 0 Å². The first-order valence-corrected chi connectivity index (χ1v) is 7.45. The van der Waals surface area contributed by atoms with Crippen molar-refractivity contribution in [2.75, 3.05) is 13.7 Å². The largest absolute Gasteiger partial charge is 0.384 e. The zero-order valence-corrected chi connectivity index (χ0v) is 12.0. The Labute approximate surface area is 115 Å². The Bertz CT molecular complexity index is 341. The van der Waals surface area contributed by atoms with Crippen LogP contribution in [0.5, 0.6) is 0 Å². The van der Waals surface area contributed by atoms with E-state index in [1.165, 1.54) is 36.8 Å². The highest BCUT2D eigenvalue weighted by atomic mass is 35.5. The Hall–Kier alpha value is -0.530. The van der Waals surface area contributed by atoms with Crippen LogP contribution in [0.4, 0.5) is 0 Å². The second-order valence-corrected chi connectivity index (χ2v) is 5.86. The van der Waals surface area contributed by atoms with Crippen molar-refractivity contribution < 1.29 is 4.74 Å². The van der Waals surface area contributed by atoms with Gasteiger partial charge in [-0.25, -0.2) is 0 Å². The molecule has 0 amide bonds. The third-order valence-corrected chi connectivity index (χ3v) is 4.38. The molecule has 1 aromatic carbocycles. The lowest BCUT2D eigenvalue weighted by Gasteiger charge is -2.15. The quantitative estimate of drug-likeness (QED) is 0.676. The summed E-state index contributed by atoms with van der Waals surface area (Å²) in [6.45, 7) is 0.783.